The Morgan fingerprint density at radius 1 is 1.00 bits per heavy atom. The Morgan fingerprint density at radius 2 is 1.70 bits per heavy atom. The third-order valence-corrected chi connectivity index (χ3v) is 5.30. The number of hydrogen-bond acceptors (Lipinski definition) is 4. The topological polar surface area (TPSA) is 68.1 Å². The van der Waals surface area contributed by atoms with E-state index in [4.69, 9.17) is 0 Å². The molecule has 0 bridgehead atoms. The van der Waals surface area contributed by atoms with E-state index in [1.165, 1.54) is 4.68 Å². The zero-order valence-electron chi connectivity index (χ0n) is 15.1. The normalized spacial score (nSPS) is 15.2. The summed E-state index contributed by atoms with van der Waals surface area (Å²) in [5.41, 5.74) is 1.29. The van der Waals surface area contributed by atoms with Crippen molar-refractivity contribution in [2.75, 3.05) is 13.1 Å². The summed E-state index contributed by atoms with van der Waals surface area (Å²) >= 11 is 0. The molecule has 1 fully saturated rings. The predicted molar refractivity (Wildman–Crippen MR) is 103 cm³/mol. The summed E-state index contributed by atoms with van der Waals surface area (Å²) in [7, 11) is 0. The summed E-state index contributed by atoms with van der Waals surface area (Å²) < 4.78 is 1.46. The van der Waals surface area contributed by atoms with Gasteiger partial charge in [-0.05, 0) is 49.4 Å². The number of carbonyl (C=O) groups is 1. The standard InChI is InChI=1S/C21H22N4O2/c26-20(17-6-2-1-3-7-17)24-13-10-16(11-14-24)12-15-25-21(27)18-8-4-5-9-19(18)22-23-25/h1-9,16H,10-15H2. The van der Waals surface area contributed by atoms with Gasteiger partial charge in [0.1, 0.15) is 5.52 Å². The molecule has 0 saturated carbocycles. The van der Waals surface area contributed by atoms with E-state index < -0.39 is 0 Å². The third kappa shape index (κ3) is 3.74. The van der Waals surface area contributed by atoms with Gasteiger partial charge in [0.2, 0.25) is 0 Å². The quantitative estimate of drug-likeness (QED) is 0.716. The molecule has 0 unspecified atom stereocenters. The second-order valence-electron chi connectivity index (χ2n) is 7.03. The van der Waals surface area contributed by atoms with Crippen LogP contribution >= 0.6 is 0 Å². The van der Waals surface area contributed by atoms with Crippen LogP contribution in [0.1, 0.15) is 29.6 Å². The average Bonchev–Trinajstić information content (AvgIpc) is 2.74. The van der Waals surface area contributed by atoms with E-state index >= 15 is 0 Å². The van der Waals surface area contributed by atoms with Gasteiger partial charge in [-0.3, -0.25) is 9.59 Å². The van der Waals surface area contributed by atoms with E-state index in [9.17, 15) is 9.59 Å². The molecule has 2 aromatic carbocycles. The molecule has 0 radical (unpaired) electrons. The number of nitrogens with zero attached hydrogens (tertiary/aromatic N) is 4. The van der Waals surface area contributed by atoms with Crippen LogP contribution in [-0.4, -0.2) is 38.9 Å². The Morgan fingerprint density at radius 3 is 2.48 bits per heavy atom. The molecule has 1 saturated heterocycles. The van der Waals surface area contributed by atoms with E-state index in [0.717, 1.165) is 37.9 Å². The van der Waals surface area contributed by atoms with Crippen LogP contribution in [0.15, 0.2) is 59.4 Å². The Balaban J connectivity index is 1.34. The largest absolute Gasteiger partial charge is 0.339 e. The number of piperidine rings is 1. The molecule has 0 N–H and O–H groups in total. The van der Waals surface area contributed by atoms with Crippen LogP contribution in [0.2, 0.25) is 0 Å². The number of fused-ring (bicyclic) bond motifs is 1. The Hall–Kier alpha value is -3.02. The first kappa shape index (κ1) is 17.4. The Labute approximate surface area is 157 Å². The van der Waals surface area contributed by atoms with Crippen molar-refractivity contribution < 1.29 is 4.79 Å². The predicted octanol–water partition coefficient (Wildman–Crippen LogP) is 2.73. The second-order valence-corrected chi connectivity index (χ2v) is 7.03. The van der Waals surface area contributed by atoms with Gasteiger partial charge in [-0.2, -0.15) is 0 Å². The number of hydrogen-bond donors (Lipinski definition) is 0. The fourth-order valence-electron chi connectivity index (χ4n) is 3.66. The SMILES string of the molecule is O=C(c1ccccc1)N1CCC(CCn2nnc3ccccc3c2=O)CC1. The van der Waals surface area contributed by atoms with Crippen molar-refractivity contribution in [1.82, 2.24) is 19.9 Å². The van der Waals surface area contributed by atoms with Gasteiger partial charge in [-0.25, -0.2) is 4.68 Å². The highest BCUT2D eigenvalue weighted by atomic mass is 16.2. The molecule has 1 amide bonds. The van der Waals surface area contributed by atoms with Crippen molar-refractivity contribution in [2.45, 2.75) is 25.8 Å². The maximum Gasteiger partial charge on any atom is 0.277 e. The zero-order valence-corrected chi connectivity index (χ0v) is 15.1. The molecule has 1 aliphatic rings. The van der Waals surface area contributed by atoms with Crippen LogP contribution < -0.4 is 5.56 Å². The van der Waals surface area contributed by atoms with Gasteiger partial charge < -0.3 is 4.90 Å². The highest BCUT2D eigenvalue weighted by molar-refractivity contribution is 5.94. The Kier molecular flexibility index (Phi) is 4.96. The molecule has 2 heterocycles. The fraction of sp³-hybridized carbons (Fsp3) is 0.333. The molecular formula is C21H22N4O2. The van der Waals surface area contributed by atoms with Crippen molar-refractivity contribution >= 4 is 16.8 Å². The van der Waals surface area contributed by atoms with Crippen molar-refractivity contribution in [2.24, 2.45) is 5.92 Å². The smallest absolute Gasteiger partial charge is 0.277 e. The molecule has 1 aliphatic heterocycles. The molecule has 0 aliphatic carbocycles. The summed E-state index contributed by atoms with van der Waals surface area (Å²) in [5.74, 6) is 0.593. The minimum atomic E-state index is -0.0858. The number of rotatable bonds is 4. The van der Waals surface area contributed by atoms with E-state index in [2.05, 4.69) is 10.3 Å². The van der Waals surface area contributed by atoms with E-state index in [1.54, 1.807) is 12.1 Å². The van der Waals surface area contributed by atoms with Crippen molar-refractivity contribution in [3.8, 4) is 0 Å². The molecule has 6 heteroatoms. The lowest BCUT2D eigenvalue weighted by Gasteiger charge is -2.32. The van der Waals surface area contributed by atoms with Crippen LogP contribution in [-0.2, 0) is 6.54 Å². The van der Waals surface area contributed by atoms with Gasteiger partial charge in [0.05, 0.1) is 5.39 Å². The van der Waals surface area contributed by atoms with Crippen LogP contribution in [0.25, 0.3) is 10.9 Å². The van der Waals surface area contributed by atoms with Crippen molar-refractivity contribution in [3.63, 3.8) is 0 Å². The maximum absolute atomic E-state index is 12.5. The molecule has 138 valence electrons. The second kappa shape index (κ2) is 7.70. The molecular weight excluding hydrogens is 340 g/mol. The van der Waals surface area contributed by atoms with Gasteiger partial charge >= 0.3 is 0 Å². The number of benzene rings is 2. The highest BCUT2D eigenvalue weighted by Crippen LogP contribution is 2.22. The average molecular weight is 362 g/mol. The van der Waals surface area contributed by atoms with Gasteiger partial charge in [0.15, 0.2) is 0 Å². The minimum absolute atomic E-state index is 0.0858. The van der Waals surface area contributed by atoms with Crippen LogP contribution in [0, 0.1) is 5.92 Å². The fourth-order valence-corrected chi connectivity index (χ4v) is 3.66. The lowest BCUT2D eigenvalue weighted by Crippen LogP contribution is -2.39. The van der Waals surface area contributed by atoms with E-state index in [-0.39, 0.29) is 11.5 Å². The molecule has 6 nitrogen and oxygen atoms in total. The monoisotopic (exact) mass is 362 g/mol. The molecule has 3 aromatic rings. The first-order chi connectivity index (χ1) is 13.2. The number of amides is 1. The van der Waals surface area contributed by atoms with E-state index in [0.29, 0.717) is 23.4 Å². The number of likely N-dealkylation sites (tertiary alicyclic amines) is 1. The lowest BCUT2D eigenvalue weighted by molar-refractivity contribution is 0.0684. The summed E-state index contributed by atoms with van der Waals surface area (Å²) in [6.45, 7) is 2.08. The first-order valence-electron chi connectivity index (χ1n) is 9.39. The van der Waals surface area contributed by atoms with Crippen molar-refractivity contribution in [3.05, 3.63) is 70.5 Å². The molecule has 1 aromatic heterocycles. The molecule has 27 heavy (non-hydrogen) atoms. The summed E-state index contributed by atoms with van der Waals surface area (Å²) in [6.07, 6.45) is 2.78. The minimum Gasteiger partial charge on any atom is -0.339 e. The number of aromatic nitrogens is 3. The highest BCUT2D eigenvalue weighted by Gasteiger charge is 2.23. The third-order valence-electron chi connectivity index (χ3n) is 5.30. The lowest BCUT2D eigenvalue weighted by atomic mass is 9.93. The Bertz CT molecular complexity index is 992. The summed E-state index contributed by atoms with van der Waals surface area (Å²) in [6, 6.07) is 16.7. The first-order valence-corrected chi connectivity index (χ1v) is 9.39. The molecule has 0 spiro atoms. The zero-order chi connectivity index (χ0) is 18.6. The van der Waals surface area contributed by atoms with Gasteiger partial charge in [0, 0.05) is 25.2 Å². The van der Waals surface area contributed by atoms with Crippen LogP contribution in [0.5, 0.6) is 0 Å². The van der Waals surface area contributed by atoms with Gasteiger partial charge in [-0.15, -0.1) is 5.10 Å². The van der Waals surface area contributed by atoms with Crippen molar-refractivity contribution in [1.29, 1.82) is 0 Å². The van der Waals surface area contributed by atoms with Gasteiger partial charge in [0.25, 0.3) is 11.5 Å². The summed E-state index contributed by atoms with van der Waals surface area (Å²) in [4.78, 5) is 26.9. The number of carbonyl (C=O) groups excluding carboxylic acids is 1. The molecule has 4 rings (SSSR count). The number of aryl methyl sites for hydroxylation is 1. The summed E-state index contributed by atoms with van der Waals surface area (Å²) in [5, 5.41) is 8.81. The van der Waals surface area contributed by atoms with Crippen LogP contribution in [0.4, 0.5) is 0 Å². The van der Waals surface area contributed by atoms with Crippen LogP contribution in [0.3, 0.4) is 0 Å². The molecule has 0 atom stereocenters. The van der Waals surface area contributed by atoms with E-state index in [1.807, 2.05) is 47.4 Å². The maximum atomic E-state index is 12.5. The van der Waals surface area contributed by atoms with Gasteiger partial charge in [-0.1, -0.05) is 35.5 Å².